The molecule has 0 saturated heterocycles. The maximum atomic E-state index is 9.97. The average molecular weight is 248 g/mol. The van der Waals surface area contributed by atoms with E-state index in [1.165, 1.54) is 0 Å². The number of hydrogen-bond donors (Lipinski definition) is 4. The van der Waals surface area contributed by atoms with Gasteiger partial charge in [0.25, 0.3) is 5.78 Å². The highest BCUT2D eigenvalue weighted by Gasteiger charge is 2.14. The zero-order chi connectivity index (χ0) is 14.0. The molecule has 0 aliphatic heterocycles. The van der Waals surface area contributed by atoms with Crippen molar-refractivity contribution in [3.63, 3.8) is 0 Å². The van der Waals surface area contributed by atoms with Gasteiger partial charge in [0.1, 0.15) is 6.42 Å². The lowest BCUT2D eigenvalue weighted by Gasteiger charge is -1.85. The summed E-state index contributed by atoms with van der Waals surface area (Å²) in [5, 5.41) is 31.3. The van der Waals surface area contributed by atoms with Gasteiger partial charge in [-0.25, -0.2) is 14.4 Å². The van der Waals surface area contributed by atoms with Gasteiger partial charge in [0, 0.05) is 12.2 Å². The molecule has 4 N–H and O–H groups in total. The van der Waals surface area contributed by atoms with Crippen molar-refractivity contribution in [2.45, 2.75) is 6.42 Å². The predicted octanol–water partition coefficient (Wildman–Crippen LogP) is -1.17. The molecule has 0 aromatic rings. The van der Waals surface area contributed by atoms with Crippen molar-refractivity contribution >= 4 is 29.7 Å². The van der Waals surface area contributed by atoms with Crippen LogP contribution in [0, 0.1) is 0 Å². The van der Waals surface area contributed by atoms with Gasteiger partial charge in [-0.1, -0.05) is 0 Å². The second-order valence-corrected chi connectivity index (χ2v) is 2.31. The van der Waals surface area contributed by atoms with Crippen LogP contribution in [0.25, 0.3) is 0 Å². The second-order valence-electron chi connectivity index (χ2n) is 2.31. The zero-order valence-corrected chi connectivity index (χ0v) is 8.19. The second kappa shape index (κ2) is 8.59. The molecular formula is C8H8O9. The van der Waals surface area contributed by atoms with E-state index in [9.17, 15) is 24.0 Å². The molecule has 0 unspecified atom stereocenters. The van der Waals surface area contributed by atoms with Gasteiger partial charge in [-0.3, -0.25) is 9.59 Å². The molecule has 9 heteroatoms. The fraction of sp³-hybridized carbons (Fsp3) is 0.125. The van der Waals surface area contributed by atoms with E-state index in [1.54, 1.807) is 0 Å². The summed E-state index contributed by atoms with van der Waals surface area (Å²) in [5.74, 6) is -6.96. The third-order valence-electron chi connectivity index (χ3n) is 0.919. The van der Waals surface area contributed by atoms with E-state index in [2.05, 4.69) is 0 Å². The summed E-state index contributed by atoms with van der Waals surface area (Å²) in [7, 11) is 0. The third-order valence-corrected chi connectivity index (χ3v) is 0.919. The van der Waals surface area contributed by atoms with Gasteiger partial charge >= 0.3 is 23.9 Å². The standard InChI is InChI=1S/C4H4O5.C4H4O4/c5-2(4(8)9)1-3(6)7;5-3(6)1-2-4(7)8/h1H2,(H,6,7)(H,8,9);1-2H,(H,5,6)(H,7,8). The minimum atomic E-state index is -1.71. The Labute approximate surface area is 93.6 Å². The first-order valence-corrected chi connectivity index (χ1v) is 3.78. The highest BCUT2D eigenvalue weighted by molar-refractivity contribution is 6.35. The maximum Gasteiger partial charge on any atom is 0.372 e. The van der Waals surface area contributed by atoms with Crippen LogP contribution in [0.4, 0.5) is 0 Å². The number of ketones is 1. The molecule has 0 rings (SSSR count). The lowest BCUT2D eigenvalue weighted by Crippen LogP contribution is -2.16. The molecule has 0 spiro atoms. The fourth-order valence-corrected chi connectivity index (χ4v) is 0.356. The molecule has 94 valence electrons. The Morgan fingerprint density at radius 2 is 1.12 bits per heavy atom. The molecule has 0 fully saturated rings. The molecule has 9 nitrogen and oxygen atoms in total. The summed E-state index contributed by atoms with van der Waals surface area (Å²) in [5.41, 5.74) is 0. The minimum absolute atomic E-state index is 0.558. The molecule has 0 amide bonds. The SMILES string of the molecule is O=C(O)C=CC(=O)O.O=C(O)CC(=O)C(=O)O. The summed E-state index contributed by atoms with van der Waals surface area (Å²) < 4.78 is 0. The fourth-order valence-electron chi connectivity index (χ4n) is 0.356. The molecule has 0 atom stereocenters. The van der Waals surface area contributed by atoms with Gasteiger partial charge in [0.15, 0.2) is 0 Å². The summed E-state index contributed by atoms with van der Waals surface area (Å²) in [6.07, 6.45) is 0.167. The van der Waals surface area contributed by atoms with E-state index in [0.29, 0.717) is 12.2 Å². The Kier molecular flexibility index (Phi) is 8.44. The van der Waals surface area contributed by atoms with Crippen LogP contribution in [-0.4, -0.2) is 50.1 Å². The van der Waals surface area contributed by atoms with E-state index in [-0.39, 0.29) is 0 Å². The largest absolute Gasteiger partial charge is 0.481 e. The van der Waals surface area contributed by atoms with Gasteiger partial charge in [-0.05, 0) is 0 Å². The Morgan fingerprint density at radius 3 is 1.24 bits per heavy atom. The molecule has 17 heavy (non-hydrogen) atoms. The predicted molar refractivity (Wildman–Crippen MR) is 49.3 cm³/mol. The number of carbonyl (C=O) groups is 5. The lowest BCUT2D eigenvalue weighted by atomic mass is 10.3. The van der Waals surface area contributed by atoms with Gasteiger partial charge in [0.2, 0.25) is 0 Å². The van der Waals surface area contributed by atoms with Crippen LogP contribution in [0.15, 0.2) is 12.2 Å². The monoisotopic (exact) mass is 248 g/mol. The van der Waals surface area contributed by atoms with Gasteiger partial charge < -0.3 is 20.4 Å². The first-order chi connectivity index (χ1) is 7.66. The normalized spacial score (nSPS) is 8.94. The minimum Gasteiger partial charge on any atom is -0.481 e. The van der Waals surface area contributed by atoms with Crippen LogP contribution in [0.5, 0.6) is 0 Å². The molecule has 0 heterocycles. The van der Waals surface area contributed by atoms with Crippen LogP contribution < -0.4 is 0 Å². The zero-order valence-electron chi connectivity index (χ0n) is 8.19. The molecule has 0 saturated carbocycles. The number of rotatable bonds is 5. The molecule has 0 aromatic heterocycles. The quantitative estimate of drug-likeness (QED) is 0.266. The molecule has 0 aromatic carbocycles. The summed E-state index contributed by atoms with van der Waals surface area (Å²) >= 11 is 0. The van der Waals surface area contributed by atoms with Crippen LogP contribution in [0.1, 0.15) is 6.42 Å². The Balaban J connectivity index is 0. The number of carbonyl (C=O) groups excluding carboxylic acids is 1. The summed E-state index contributed by atoms with van der Waals surface area (Å²) in [6, 6.07) is 0. The molecule has 0 radical (unpaired) electrons. The summed E-state index contributed by atoms with van der Waals surface area (Å²) in [4.78, 5) is 48.3. The van der Waals surface area contributed by atoms with Crippen molar-refractivity contribution in [3.8, 4) is 0 Å². The number of carboxylic acid groups (broad SMARTS) is 4. The number of Topliss-reactive ketones (excluding diaryl/α,β-unsaturated/α-hetero) is 1. The van der Waals surface area contributed by atoms with Gasteiger partial charge in [0.05, 0.1) is 0 Å². The first-order valence-electron chi connectivity index (χ1n) is 3.78. The van der Waals surface area contributed by atoms with E-state index < -0.39 is 36.1 Å². The van der Waals surface area contributed by atoms with Crippen LogP contribution in [0.2, 0.25) is 0 Å². The number of hydrogen-bond acceptors (Lipinski definition) is 5. The van der Waals surface area contributed by atoms with E-state index in [0.717, 1.165) is 0 Å². The topological polar surface area (TPSA) is 166 Å². The number of aliphatic carboxylic acids is 4. The smallest absolute Gasteiger partial charge is 0.372 e. The van der Waals surface area contributed by atoms with Crippen molar-refractivity contribution in [2.75, 3.05) is 0 Å². The molecule has 0 bridgehead atoms. The molecule has 0 aliphatic rings. The highest BCUT2D eigenvalue weighted by atomic mass is 16.4. The van der Waals surface area contributed by atoms with Crippen molar-refractivity contribution < 1.29 is 44.4 Å². The van der Waals surface area contributed by atoms with Crippen LogP contribution in [-0.2, 0) is 24.0 Å². The maximum absolute atomic E-state index is 9.97. The van der Waals surface area contributed by atoms with Crippen LogP contribution >= 0.6 is 0 Å². The van der Waals surface area contributed by atoms with E-state index in [1.807, 2.05) is 0 Å². The van der Waals surface area contributed by atoms with E-state index in [4.69, 9.17) is 20.4 Å². The molecule has 0 aliphatic carbocycles. The Morgan fingerprint density at radius 1 is 0.765 bits per heavy atom. The van der Waals surface area contributed by atoms with Gasteiger partial charge in [-0.2, -0.15) is 0 Å². The van der Waals surface area contributed by atoms with Crippen molar-refractivity contribution in [3.05, 3.63) is 12.2 Å². The Bertz CT molecular complexity index is 349. The first kappa shape index (κ1) is 16.7. The van der Waals surface area contributed by atoms with Gasteiger partial charge in [-0.15, -0.1) is 0 Å². The van der Waals surface area contributed by atoms with Crippen molar-refractivity contribution in [1.29, 1.82) is 0 Å². The van der Waals surface area contributed by atoms with Crippen molar-refractivity contribution in [1.82, 2.24) is 0 Å². The van der Waals surface area contributed by atoms with E-state index >= 15 is 0 Å². The molecular weight excluding hydrogens is 240 g/mol. The average Bonchev–Trinajstić information content (AvgIpc) is 2.14. The lowest BCUT2D eigenvalue weighted by molar-refractivity contribution is -0.152. The van der Waals surface area contributed by atoms with Crippen molar-refractivity contribution in [2.24, 2.45) is 0 Å². The Hall–Kier alpha value is -2.71. The summed E-state index contributed by atoms with van der Waals surface area (Å²) in [6.45, 7) is 0. The highest BCUT2D eigenvalue weighted by Crippen LogP contribution is 1.81. The number of carboxylic acids is 4. The van der Waals surface area contributed by atoms with Crippen LogP contribution in [0.3, 0.4) is 0 Å². The third kappa shape index (κ3) is 16.0.